The Morgan fingerprint density at radius 1 is 1.38 bits per heavy atom. The van der Waals surface area contributed by atoms with Crippen LogP contribution in [0.5, 0.6) is 0 Å². The Hall–Kier alpha value is -1.83. The molecule has 0 aliphatic carbocycles. The van der Waals surface area contributed by atoms with Gasteiger partial charge in [0.15, 0.2) is 0 Å². The standard InChI is InChI=1S/C17H24N2O2/c1-3-11-21-12-5-10-19-17(20)16-8-7-15(6-4-9-18)14(2)13-16/h7-8,13H,3,5,9-12,18H2,1-2H3,(H,19,20). The third kappa shape index (κ3) is 6.44. The van der Waals surface area contributed by atoms with Crippen LogP contribution in [0.3, 0.4) is 0 Å². The number of carbonyl (C=O) groups is 1. The smallest absolute Gasteiger partial charge is 0.251 e. The topological polar surface area (TPSA) is 64.3 Å². The highest BCUT2D eigenvalue weighted by atomic mass is 16.5. The lowest BCUT2D eigenvalue weighted by Crippen LogP contribution is -2.25. The zero-order chi connectivity index (χ0) is 15.5. The summed E-state index contributed by atoms with van der Waals surface area (Å²) in [6.45, 7) is 6.43. The maximum atomic E-state index is 12.0. The lowest BCUT2D eigenvalue weighted by atomic mass is 10.0. The summed E-state index contributed by atoms with van der Waals surface area (Å²) in [5.74, 6) is 5.74. The van der Waals surface area contributed by atoms with Gasteiger partial charge in [-0.05, 0) is 43.5 Å². The van der Waals surface area contributed by atoms with Gasteiger partial charge in [-0.3, -0.25) is 4.79 Å². The third-order valence-corrected chi connectivity index (χ3v) is 2.91. The van der Waals surface area contributed by atoms with Crippen molar-refractivity contribution in [2.75, 3.05) is 26.3 Å². The molecule has 1 amide bonds. The second-order valence-corrected chi connectivity index (χ2v) is 4.76. The van der Waals surface area contributed by atoms with E-state index in [0.717, 1.165) is 30.6 Å². The molecule has 0 aliphatic rings. The van der Waals surface area contributed by atoms with E-state index < -0.39 is 0 Å². The number of hydrogen-bond acceptors (Lipinski definition) is 3. The second kappa shape index (κ2) is 9.98. The molecule has 1 rings (SSSR count). The van der Waals surface area contributed by atoms with Crippen LogP contribution in [-0.4, -0.2) is 32.2 Å². The van der Waals surface area contributed by atoms with Gasteiger partial charge in [0.25, 0.3) is 5.91 Å². The minimum atomic E-state index is -0.0630. The lowest BCUT2D eigenvalue weighted by molar-refractivity contribution is 0.0941. The Morgan fingerprint density at radius 2 is 2.19 bits per heavy atom. The SMILES string of the molecule is CCCOCCCNC(=O)c1ccc(C#CCN)c(C)c1. The Morgan fingerprint density at radius 3 is 2.86 bits per heavy atom. The maximum absolute atomic E-state index is 12.0. The van der Waals surface area contributed by atoms with Crippen LogP contribution in [0.1, 0.15) is 41.3 Å². The molecule has 0 atom stereocenters. The molecular weight excluding hydrogens is 264 g/mol. The van der Waals surface area contributed by atoms with Crippen molar-refractivity contribution in [2.24, 2.45) is 5.73 Å². The molecule has 0 fully saturated rings. The van der Waals surface area contributed by atoms with Crippen molar-refractivity contribution in [3.05, 3.63) is 34.9 Å². The minimum Gasteiger partial charge on any atom is -0.381 e. The maximum Gasteiger partial charge on any atom is 0.251 e. The Kier molecular flexibility index (Phi) is 8.18. The highest BCUT2D eigenvalue weighted by Gasteiger charge is 2.06. The highest BCUT2D eigenvalue weighted by Crippen LogP contribution is 2.10. The normalized spacial score (nSPS) is 9.86. The van der Waals surface area contributed by atoms with E-state index in [4.69, 9.17) is 10.5 Å². The van der Waals surface area contributed by atoms with Gasteiger partial charge in [-0.2, -0.15) is 0 Å². The van der Waals surface area contributed by atoms with Gasteiger partial charge in [-0.25, -0.2) is 0 Å². The molecule has 21 heavy (non-hydrogen) atoms. The first-order valence-electron chi connectivity index (χ1n) is 7.34. The number of rotatable bonds is 7. The number of aryl methyl sites for hydroxylation is 1. The van der Waals surface area contributed by atoms with Gasteiger partial charge in [0, 0.05) is 30.9 Å². The summed E-state index contributed by atoms with van der Waals surface area (Å²) in [6.07, 6.45) is 1.84. The monoisotopic (exact) mass is 288 g/mol. The zero-order valence-corrected chi connectivity index (χ0v) is 12.9. The van der Waals surface area contributed by atoms with E-state index in [9.17, 15) is 4.79 Å². The number of nitrogens with two attached hydrogens (primary N) is 1. The van der Waals surface area contributed by atoms with E-state index in [1.54, 1.807) is 6.07 Å². The van der Waals surface area contributed by atoms with Crippen LogP contribution in [-0.2, 0) is 4.74 Å². The zero-order valence-electron chi connectivity index (χ0n) is 12.9. The van der Waals surface area contributed by atoms with Gasteiger partial charge in [0.2, 0.25) is 0 Å². The average Bonchev–Trinajstić information content (AvgIpc) is 2.49. The molecule has 0 spiro atoms. The molecule has 0 aromatic heterocycles. The second-order valence-electron chi connectivity index (χ2n) is 4.76. The van der Waals surface area contributed by atoms with Gasteiger partial charge in [-0.15, -0.1) is 0 Å². The minimum absolute atomic E-state index is 0.0630. The summed E-state index contributed by atoms with van der Waals surface area (Å²) < 4.78 is 5.37. The predicted octanol–water partition coefficient (Wildman–Crippen LogP) is 1.85. The number of ether oxygens (including phenoxy) is 1. The first-order chi connectivity index (χ1) is 10.2. The molecule has 0 aliphatic heterocycles. The quantitative estimate of drug-likeness (QED) is 0.594. The van der Waals surface area contributed by atoms with Crippen LogP contribution in [0, 0.1) is 18.8 Å². The first-order valence-corrected chi connectivity index (χ1v) is 7.34. The van der Waals surface area contributed by atoms with E-state index in [1.165, 1.54) is 0 Å². The Labute approximate surface area is 127 Å². The van der Waals surface area contributed by atoms with Crippen molar-refractivity contribution in [1.82, 2.24) is 5.32 Å². The van der Waals surface area contributed by atoms with E-state index in [2.05, 4.69) is 24.1 Å². The molecule has 0 heterocycles. The molecule has 1 aromatic rings. The molecule has 4 heteroatoms. The van der Waals surface area contributed by atoms with Crippen molar-refractivity contribution in [3.8, 4) is 11.8 Å². The number of amides is 1. The van der Waals surface area contributed by atoms with Crippen molar-refractivity contribution >= 4 is 5.91 Å². The summed E-state index contributed by atoms with van der Waals surface area (Å²) in [7, 11) is 0. The van der Waals surface area contributed by atoms with Gasteiger partial charge >= 0.3 is 0 Å². The fourth-order valence-corrected chi connectivity index (χ4v) is 1.82. The lowest BCUT2D eigenvalue weighted by Gasteiger charge is -2.07. The van der Waals surface area contributed by atoms with Crippen molar-refractivity contribution in [3.63, 3.8) is 0 Å². The molecule has 0 bridgehead atoms. The molecule has 3 N–H and O–H groups in total. The van der Waals surface area contributed by atoms with Crippen molar-refractivity contribution < 1.29 is 9.53 Å². The summed E-state index contributed by atoms with van der Waals surface area (Å²) in [5, 5.41) is 2.89. The fourth-order valence-electron chi connectivity index (χ4n) is 1.82. The fraction of sp³-hybridized carbons (Fsp3) is 0.471. The van der Waals surface area contributed by atoms with Gasteiger partial charge < -0.3 is 15.8 Å². The molecule has 114 valence electrons. The molecule has 0 unspecified atom stereocenters. The van der Waals surface area contributed by atoms with E-state index >= 15 is 0 Å². The number of carbonyl (C=O) groups excluding carboxylic acids is 1. The summed E-state index contributed by atoms with van der Waals surface area (Å²) in [5.41, 5.74) is 7.90. The molecule has 4 nitrogen and oxygen atoms in total. The molecule has 1 aromatic carbocycles. The number of hydrogen-bond donors (Lipinski definition) is 2. The van der Waals surface area contributed by atoms with Crippen LogP contribution >= 0.6 is 0 Å². The Balaban J connectivity index is 2.46. The highest BCUT2D eigenvalue weighted by molar-refractivity contribution is 5.94. The first kappa shape index (κ1) is 17.2. The van der Waals surface area contributed by atoms with Crippen LogP contribution in [0.2, 0.25) is 0 Å². The van der Waals surface area contributed by atoms with Crippen LogP contribution in [0.4, 0.5) is 0 Å². The van der Waals surface area contributed by atoms with Gasteiger partial charge in [0.05, 0.1) is 6.54 Å². The number of nitrogens with one attached hydrogen (secondary N) is 1. The molecule has 0 saturated carbocycles. The van der Waals surface area contributed by atoms with Gasteiger partial charge in [0.1, 0.15) is 0 Å². The molecule has 0 saturated heterocycles. The Bertz CT molecular complexity index is 515. The van der Waals surface area contributed by atoms with E-state index in [-0.39, 0.29) is 5.91 Å². The van der Waals surface area contributed by atoms with Crippen LogP contribution < -0.4 is 11.1 Å². The van der Waals surface area contributed by atoms with E-state index in [1.807, 2.05) is 19.1 Å². The van der Waals surface area contributed by atoms with Crippen molar-refractivity contribution in [2.45, 2.75) is 26.7 Å². The van der Waals surface area contributed by atoms with Gasteiger partial charge in [-0.1, -0.05) is 18.8 Å². The molecular formula is C17H24N2O2. The van der Waals surface area contributed by atoms with E-state index in [0.29, 0.717) is 25.3 Å². The predicted molar refractivity (Wildman–Crippen MR) is 85.2 cm³/mol. The van der Waals surface area contributed by atoms with Crippen LogP contribution in [0.15, 0.2) is 18.2 Å². The third-order valence-electron chi connectivity index (χ3n) is 2.91. The molecule has 0 radical (unpaired) electrons. The largest absolute Gasteiger partial charge is 0.381 e. The van der Waals surface area contributed by atoms with Crippen molar-refractivity contribution in [1.29, 1.82) is 0 Å². The summed E-state index contributed by atoms with van der Waals surface area (Å²) in [4.78, 5) is 12.0. The average molecular weight is 288 g/mol. The summed E-state index contributed by atoms with van der Waals surface area (Å²) in [6, 6.07) is 5.50. The summed E-state index contributed by atoms with van der Waals surface area (Å²) >= 11 is 0. The number of benzene rings is 1. The van der Waals surface area contributed by atoms with Crippen LogP contribution in [0.25, 0.3) is 0 Å².